The van der Waals surface area contributed by atoms with E-state index in [1.165, 1.54) is 6.33 Å². The van der Waals surface area contributed by atoms with Crippen molar-refractivity contribution in [2.75, 3.05) is 37.1 Å². The average Bonchev–Trinajstić information content (AvgIpc) is 3.65. The number of hydrogen-bond acceptors (Lipinski definition) is 8. The van der Waals surface area contributed by atoms with Crippen molar-refractivity contribution in [2.45, 2.75) is 18.9 Å². The van der Waals surface area contributed by atoms with E-state index in [4.69, 9.17) is 30.5 Å². The lowest BCUT2D eigenvalue weighted by atomic mass is 10.1. The van der Waals surface area contributed by atoms with E-state index < -0.39 is 0 Å². The van der Waals surface area contributed by atoms with Gasteiger partial charge in [0.25, 0.3) is 0 Å². The summed E-state index contributed by atoms with van der Waals surface area (Å²) in [5, 5.41) is 6.54. The Morgan fingerprint density at radius 1 is 1.21 bits per heavy atom. The van der Waals surface area contributed by atoms with Crippen LogP contribution in [-0.4, -0.2) is 53.9 Å². The Labute approximate surface area is 205 Å². The Morgan fingerprint density at radius 3 is 2.79 bits per heavy atom. The number of fused-ring (bicyclic) bond motifs is 3. The maximum absolute atomic E-state index is 12.0. The monoisotopic (exact) mass is 502 g/mol. The molecule has 0 unspecified atom stereocenters. The van der Waals surface area contributed by atoms with E-state index in [-0.39, 0.29) is 12.1 Å². The van der Waals surface area contributed by atoms with Gasteiger partial charge in [-0.05, 0) is 31.2 Å². The second-order valence-corrected chi connectivity index (χ2v) is 9.15. The molecule has 2 aromatic carbocycles. The zero-order valence-electron chi connectivity index (χ0n) is 18.4. The normalized spacial score (nSPS) is 14.5. The standard InChI is InChI=1S/C23H23ClN4O5S/c1-34-9-8-30-18-11-17-19(21-20(18)31-6-7-32-21)22(26-12-25-17)33-14-4-5-16(15(24)10-14)28-23(29)27-13-2-3-13/h4-5,10-13H,2-3,6-9H2,1H3,(H2,27,28,29). The molecule has 5 rings (SSSR count). The Bertz CT molecular complexity index is 1220. The molecule has 0 spiro atoms. The number of aromatic nitrogens is 2. The summed E-state index contributed by atoms with van der Waals surface area (Å²) in [6, 6.07) is 6.78. The topological polar surface area (TPSA) is 104 Å². The molecule has 3 aromatic rings. The van der Waals surface area contributed by atoms with Crippen LogP contribution in [0.15, 0.2) is 30.6 Å². The van der Waals surface area contributed by atoms with Crippen LogP contribution in [0.25, 0.3) is 10.9 Å². The molecule has 34 heavy (non-hydrogen) atoms. The fourth-order valence-corrected chi connectivity index (χ4v) is 3.91. The van der Waals surface area contributed by atoms with E-state index in [0.29, 0.717) is 70.3 Å². The van der Waals surface area contributed by atoms with Crippen molar-refractivity contribution in [3.63, 3.8) is 0 Å². The van der Waals surface area contributed by atoms with Crippen molar-refractivity contribution in [1.82, 2.24) is 15.3 Å². The van der Waals surface area contributed by atoms with Gasteiger partial charge >= 0.3 is 6.03 Å². The number of anilines is 1. The van der Waals surface area contributed by atoms with Crippen LogP contribution in [0.3, 0.4) is 0 Å². The van der Waals surface area contributed by atoms with Gasteiger partial charge in [-0.1, -0.05) is 11.6 Å². The second kappa shape index (κ2) is 10.0. The molecule has 2 heterocycles. The zero-order chi connectivity index (χ0) is 23.5. The van der Waals surface area contributed by atoms with Crippen LogP contribution in [0, 0.1) is 0 Å². The quantitative estimate of drug-likeness (QED) is 0.420. The molecule has 2 aliphatic rings. The number of nitrogens with one attached hydrogen (secondary N) is 2. The van der Waals surface area contributed by atoms with E-state index in [1.54, 1.807) is 36.0 Å². The highest BCUT2D eigenvalue weighted by molar-refractivity contribution is 7.98. The molecule has 1 fully saturated rings. The van der Waals surface area contributed by atoms with E-state index >= 15 is 0 Å². The predicted octanol–water partition coefficient (Wildman–Crippen LogP) is 4.87. The number of amides is 2. The van der Waals surface area contributed by atoms with Crippen LogP contribution in [0.1, 0.15) is 12.8 Å². The molecule has 9 nitrogen and oxygen atoms in total. The maximum atomic E-state index is 12.0. The molecule has 11 heteroatoms. The number of thioether (sulfide) groups is 1. The van der Waals surface area contributed by atoms with E-state index in [1.807, 2.05) is 6.26 Å². The number of nitrogens with zero attached hydrogens (tertiary/aromatic N) is 2. The fraction of sp³-hybridized carbons (Fsp3) is 0.348. The average molecular weight is 503 g/mol. The Hall–Kier alpha value is -3.11. The molecule has 0 saturated heterocycles. The first-order valence-corrected chi connectivity index (χ1v) is 12.6. The van der Waals surface area contributed by atoms with Crippen LogP contribution in [0.2, 0.25) is 5.02 Å². The number of hydrogen-bond donors (Lipinski definition) is 2. The first-order chi connectivity index (χ1) is 16.6. The summed E-state index contributed by atoms with van der Waals surface area (Å²) >= 11 is 8.08. The molecule has 1 aliphatic heterocycles. The van der Waals surface area contributed by atoms with Crippen molar-refractivity contribution >= 4 is 46.0 Å². The first-order valence-electron chi connectivity index (χ1n) is 10.9. The summed E-state index contributed by atoms with van der Waals surface area (Å²) in [6.45, 7) is 1.34. The van der Waals surface area contributed by atoms with Gasteiger partial charge in [0, 0.05) is 23.9 Å². The Balaban J connectivity index is 1.42. The molecule has 1 saturated carbocycles. The zero-order valence-corrected chi connectivity index (χ0v) is 20.0. The van der Waals surface area contributed by atoms with Crippen molar-refractivity contribution < 1.29 is 23.7 Å². The molecule has 1 aliphatic carbocycles. The van der Waals surface area contributed by atoms with Gasteiger partial charge in [-0.15, -0.1) is 0 Å². The molecular formula is C23H23ClN4O5S. The number of rotatable bonds is 8. The molecule has 2 N–H and O–H groups in total. The molecular weight excluding hydrogens is 480 g/mol. The minimum atomic E-state index is -0.279. The van der Waals surface area contributed by atoms with Crippen LogP contribution >= 0.6 is 23.4 Å². The lowest BCUT2D eigenvalue weighted by Gasteiger charge is -2.23. The first kappa shape index (κ1) is 22.7. The van der Waals surface area contributed by atoms with Gasteiger partial charge in [-0.25, -0.2) is 14.8 Å². The summed E-state index contributed by atoms with van der Waals surface area (Å²) in [7, 11) is 0. The number of benzene rings is 2. The SMILES string of the molecule is CSCCOc1cc2ncnc(Oc3ccc(NC(=O)NC4CC4)c(Cl)c3)c2c2c1OCCO2. The van der Waals surface area contributed by atoms with Gasteiger partial charge in [-0.3, -0.25) is 0 Å². The summed E-state index contributed by atoms with van der Waals surface area (Å²) in [4.78, 5) is 20.7. The third-order valence-electron chi connectivity index (χ3n) is 5.20. The van der Waals surface area contributed by atoms with Gasteiger partial charge in [0.2, 0.25) is 11.6 Å². The van der Waals surface area contributed by atoms with Gasteiger partial charge < -0.3 is 29.6 Å². The lowest BCUT2D eigenvalue weighted by molar-refractivity contribution is 0.165. The fourth-order valence-electron chi connectivity index (χ4n) is 3.45. The third kappa shape index (κ3) is 5.02. The number of carbonyl (C=O) groups excluding carboxylic acids is 1. The molecule has 1 aromatic heterocycles. The smallest absolute Gasteiger partial charge is 0.319 e. The maximum Gasteiger partial charge on any atom is 0.319 e. The van der Waals surface area contributed by atoms with Crippen molar-refractivity contribution in [1.29, 1.82) is 0 Å². The van der Waals surface area contributed by atoms with Crippen molar-refractivity contribution in [2.24, 2.45) is 0 Å². The number of halogens is 1. The van der Waals surface area contributed by atoms with E-state index in [9.17, 15) is 4.79 Å². The van der Waals surface area contributed by atoms with Crippen LogP contribution in [0.5, 0.6) is 28.9 Å². The highest BCUT2D eigenvalue weighted by Crippen LogP contribution is 2.48. The minimum Gasteiger partial charge on any atom is -0.489 e. The van der Waals surface area contributed by atoms with Gasteiger partial charge in [0.1, 0.15) is 30.7 Å². The molecule has 0 bridgehead atoms. The molecule has 178 valence electrons. The highest BCUT2D eigenvalue weighted by Gasteiger charge is 2.26. The highest BCUT2D eigenvalue weighted by atomic mass is 35.5. The summed E-state index contributed by atoms with van der Waals surface area (Å²) in [6.07, 6.45) is 5.45. The van der Waals surface area contributed by atoms with Gasteiger partial charge in [-0.2, -0.15) is 11.8 Å². The largest absolute Gasteiger partial charge is 0.489 e. The number of urea groups is 1. The molecule has 0 radical (unpaired) electrons. The Kier molecular flexibility index (Phi) is 6.68. The van der Waals surface area contributed by atoms with Crippen LogP contribution < -0.4 is 29.6 Å². The Morgan fingerprint density at radius 2 is 2.03 bits per heavy atom. The van der Waals surface area contributed by atoms with Gasteiger partial charge in [0.15, 0.2) is 11.5 Å². The lowest BCUT2D eigenvalue weighted by Crippen LogP contribution is -2.30. The van der Waals surface area contributed by atoms with Crippen LogP contribution in [0.4, 0.5) is 10.5 Å². The predicted molar refractivity (Wildman–Crippen MR) is 131 cm³/mol. The van der Waals surface area contributed by atoms with Crippen molar-refractivity contribution in [3.8, 4) is 28.9 Å². The van der Waals surface area contributed by atoms with Crippen molar-refractivity contribution in [3.05, 3.63) is 35.6 Å². The van der Waals surface area contributed by atoms with Crippen LogP contribution in [-0.2, 0) is 0 Å². The summed E-state index contributed by atoms with van der Waals surface area (Å²) in [5.74, 6) is 3.16. The summed E-state index contributed by atoms with van der Waals surface area (Å²) < 4.78 is 23.8. The summed E-state index contributed by atoms with van der Waals surface area (Å²) in [5.41, 5.74) is 1.09. The van der Waals surface area contributed by atoms with E-state index in [0.717, 1.165) is 18.6 Å². The number of ether oxygens (including phenoxy) is 4. The third-order valence-corrected chi connectivity index (χ3v) is 6.09. The number of carbonyl (C=O) groups is 1. The second-order valence-electron chi connectivity index (χ2n) is 7.76. The molecule has 0 atom stereocenters. The van der Waals surface area contributed by atoms with Gasteiger partial charge in [0.05, 0.1) is 22.8 Å². The van der Waals surface area contributed by atoms with E-state index in [2.05, 4.69) is 20.6 Å². The molecule has 2 amide bonds. The minimum absolute atomic E-state index is 0.251.